The fourth-order valence-corrected chi connectivity index (χ4v) is 4.31. The van der Waals surface area contributed by atoms with Crippen molar-refractivity contribution in [3.63, 3.8) is 0 Å². The van der Waals surface area contributed by atoms with Crippen molar-refractivity contribution < 1.29 is 13.2 Å². The summed E-state index contributed by atoms with van der Waals surface area (Å²) in [5, 5.41) is 13.8. The Kier molecular flexibility index (Phi) is 4.65. The molecule has 9 nitrogen and oxygen atoms in total. The summed E-state index contributed by atoms with van der Waals surface area (Å²) >= 11 is 0. The van der Waals surface area contributed by atoms with Crippen LogP contribution < -0.4 is 5.32 Å². The van der Waals surface area contributed by atoms with E-state index in [1.54, 1.807) is 24.3 Å². The molecule has 1 N–H and O–H groups in total. The Morgan fingerprint density at radius 2 is 1.93 bits per heavy atom. The van der Waals surface area contributed by atoms with Gasteiger partial charge < -0.3 is 5.32 Å². The highest BCUT2D eigenvalue weighted by atomic mass is 32.2. The van der Waals surface area contributed by atoms with Gasteiger partial charge in [0.1, 0.15) is 12.4 Å². The predicted molar refractivity (Wildman–Crippen MR) is 102 cm³/mol. The van der Waals surface area contributed by atoms with Gasteiger partial charge in [-0.2, -0.15) is 4.31 Å². The molecule has 1 amide bonds. The molecule has 0 bridgehead atoms. The molecule has 0 aliphatic carbocycles. The molecule has 2 heterocycles. The number of aromatic nitrogens is 4. The number of amides is 1. The molecule has 0 saturated heterocycles. The molecular weight excluding hydrogens is 380 g/mol. The van der Waals surface area contributed by atoms with Crippen LogP contribution in [-0.2, 0) is 27.8 Å². The lowest BCUT2D eigenvalue weighted by molar-refractivity contribution is -0.120. The smallest absolute Gasteiger partial charge is 0.243 e. The number of carbonyl (C=O) groups excluding carboxylic acids is 1. The van der Waals surface area contributed by atoms with Crippen molar-refractivity contribution in [1.29, 1.82) is 0 Å². The summed E-state index contributed by atoms with van der Waals surface area (Å²) in [6.45, 7) is 0.178. The van der Waals surface area contributed by atoms with E-state index in [4.69, 9.17) is 0 Å². The van der Waals surface area contributed by atoms with Crippen LogP contribution in [0.5, 0.6) is 0 Å². The third-order valence-electron chi connectivity index (χ3n) is 4.66. The Labute approximate surface area is 162 Å². The van der Waals surface area contributed by atoms with Crippen LogP contribution in [0.1, 0.15) is 11.1 Å². The maximum Gasteiger partial charge on any atom is 0.243 e. The SMILES string of the molecule is CS(=O)(=O)N1Cc2ccccc2C[C@@H]1C(=O)Nc1cccc(-n2cnnn2)c1. The number of rotatable bonds is 4. The third-order valence-corrected chi connectivity index (χ3v) is 5.90. The molecule has 1 atom stereocenters. The Balaban J connectivity index is 1.61. The summed E-state index contributed by atoms with van der Waals surface area (Å²) in [6, 6.07) is 13.8. The number of carbonyl (C=O) groups is 1. The monoisotopic (exact) mass is 398 g/mol. The molecule has 144 valence electrons. The van der Waals surface area contributed by atoms with E-state index < -0.39 is 16.1 Å². The van der Waals surface area contributed by atoms with Crippen molar-refractivity contribution in [3.8, 4) is 5.69 Å². The Morgan fingerprint density at radius 1 is 1.14 bits per heavy atom. The van der Waals surface area contributed by atoms with Crippen molar-refractivity contribution in [3.05, 3.63) is 66.0 Å². The lowest BCUT2D eigenvalue weighted by atomic mass is 9.95. The predicted octanol–water partition coefficient (Wildman–Crippen LogP) is 0.987. The van der Waals surface area contributed by atoms with Crippen LogP contribution >= 0.6 is 0 Å². The molecule has 0 spiro atoms. The van der Waals surface area contributed by atoms with E-state index in [1.807, 2.05) is 24.3 Å². The lowest BCUT2D eigenvalue weighted by Crippen LogP contribution is -2.50. The van der Waals surface area contributed by atoms with Crippen molar-refractivity contribution in [2.24, 2.45) is 0 Å². The zero-order valence-electron chi connectivity index (χ0n) is 15.1. The van der Waals surface area contributed by atoms with Crippen LogP contribution in [0.15, 0.2) is 54.9 Å². The van der Waals surface area contributed by atoms with Gasteiger partial charge in [-0.1, -0.05) is 30.3 Å². The van der Waals surface area contributed by atoms with E-state index in [0.717, 1.165) is 17.4 Å². The first-order valence-electron chi connectivity index (χ1n) is 8.60. The maximum absolute atomic E-state index is 13.0. The van der Waals surface area contributed by atoms with Crippen molar-refractivity contribution in [2.45, 2.75) is 19.0 Å². The number of nitrogens with one attached hydrogen (secondary N) is 1. The highest BCUT2D eigenvalue weighted by Crippen LogP contribution is 2.26. The maximum atomic E-state index is 13.0. The molecule has 1 aliphatic rings. The molecular formula is C18H18N6O3S. The molecule has 1 aliphatic heterocycles. The van der Waals surface area contributed by atoms with Crippen LogP contribution in [0.25, 0.3) is 5.69 Å². The Hall–Kier alpha value is -3.11. The molecule has 0 unspecified atom stereocenters. The van der Waals surface area contributed by atoms with Gasteiger partial charge in [-0.05, 0) is 46.2 Å². The number of benzene rings is 2. The van der Waals surface area contributed by atoms with Gasteiger partial charge in [-0.25, -0.2) is 13.1 Å². The number of nitrogens with zero attached hydrogens (tertiary/aromatic N) is 5. The van der Waals surface area contributed by atoms with Crippen LogP contribution in [0.2, 0.25) is 0 Å². The third kappa shape index (κ3) is 3.64. The highest BCUT2D eigenvalue weighted by Gasteiger charge is 2.36. The fourth-order valence-electron chi connectivity index (χ4n) is 3.30. The van der Waals surface area contributed by atoms with Gasteiger partial charge >= 0.3 is 0 Å². The number of sulfonamides is 1. The minimum atomic E-state index is -3.56. The fraction of sp³-hybridized carbons (Fsp3) is 0.222. The van der Waals surface area contributed by atoms with Gasteiger partial charge in [-0.3, -0.25) is 4.79 Å². The van der Waals surface area contributed by atoms with E-state index >= 15 is 0 Å². The number of tetrazole rings is 1. The molecule has 0 fully saturated rings. The van der Waals surface area contributed by atoms with Gasteiger partial charge in [0.15, 0.2) is 0 Å². The van der Waals surface area contributed by atoms with Crippen LogP contribution in [0.3, 0.4) is 0 Å². The second-order valence-electron chi connectivity index (χ2n) is 6.59. The van der Waals surface area contributed by atoms with Crippen molar-refractivity contribution >= 4 is 21.6 Å². The number of hydrogen-bond acceptors (Lipinski definition) is 6. The molecule has 28 heavy (non-hydrogen) atoms. The molecule has 4 rings (SSSR count). The first-order chi connectivity index (χ1) is 13.4. The van der Waals surface area contributed by atoms with Crippen molar-refractivity contribution in [1.82, 2.24) is 24.5 Å². The van der Waals surface area contributed by atoms with Crippen LogP contribution in [-0.4, -0.2) is 51.1 Å². The Morgan fingerprint density at radius 3 is 2.64 bits per heavy atom. The number of anilines is 1. The summed E-state index contributed by atoms with van der Waals surface area (Å²) in [6.07, 6.45) is 2.89. The van der Waals surface area contributed by atoms with E-state index in [2.05, 4.69) is 20.8 Å². The topological polar surface area (TPSA) is 110 Å². The quantitative estimate of drug-likeness (QED) is 0.702. The molecule has 2 aromatic carbocycles. The average molecular weight is 398 g/mol. The largest absolute Gasteiger partial charge is 0.325 e. The second kappa shape index (κ2) is 7.13. The van der Waals surface area contributed by atoms with E-state index in [-0.39, 0.29) is 12.5 Å². The molecule has 0 saturated carbocycles. The zero-order chi connectivity index (χ0) is 19.7. The van der Waals surface area contributed by atoms with Gasteiger partial charge in [0.2, 0.25) is 15.9 Å². The first-order valence-corrected chi connectivity index (χ1v) is 10.4. The van der Waals surface area contributed by atoms with Gasteiger partial charge in [-0.15, -0.1) is 5.10 Å². The van der Waals surface area contributed by atoms with E-state index in [9.17, 15) is 13.2 Å². The standard InChI is InChI=1S/C18H18N6O3S/c1-28(26,27)24-11-14-6-3-2-5-13(14)9-17(24)18(25)20-15-7-4-8-16(10-15)23-12-19-21-22-23/h2-8,10,12,17H,9,11H2,1H3,(H,20,25)/t17-/m1/s1. The number of fused-ring (bicyclic) bond motifs is 1. The summed E-state index contributed by atoms with van der Waals surface area (Å²) in [7, 11) is -3.56. The molecule has 3 aromatic rings. The van der Waals surface area contributed by atoms with Gasteiger partial charge in [0, 0.05) is 12.2 Å². The molecule has 0 radical (unpaired) electrons. The highest BCUT2D eigenvalue weighted by molar-refractivity contribution is 7.88. The van der Waals surface area contributed by atoms with Crippen LogP contribution in [0, 0.1) is 0 Å². The molecule has 10 heteroatoms. The summed E-state index contributed by atoms with van der Waals surface area (Å²) < 4.78 is 27.3. The number of hydrogen-bond donors (Lipinski definition) is 1. The lowest BCUT2D eigenvalue weighted by Gasteiger charge is -2.34. The average Bonchev–Trinajstić information content (AvgIpc) is 3.21. The van der Waals surface area contributed by atoms with Crippen LogP contribution in [0.4, 0.5) is 5.69 Å². The first kappa shape index (κ1) is 18.3. The Bertz CT molecular complexity index is 1110. The van der Waals surface area contributed by atoms with Gasteiger partial charge in [0.05, 0.1) is 11.9 Å². The van der Waals surface area contributed by atoms with Gasteiger partial charge in [0.25, 0.3) is 0 Å². The summed E-state index contributed by atoms with van der Waals surface area (Å²) in [4.78, 5) is 13.0. The summed E-state index contributed by atoms with van der Waals surface area (Å²) in [5.41, 5.74) is 3.10. The summed E-state index contributed by atoms with van der Waals surface area (Å²) in [5.74, 6) is -0.381. The zero-order valence-corrected chi connectivity index (χ0v) is 15.9. The van der Waals surface area contributed by atoms with E-state index in [1.165, 1.54) is 15.3 Å². The minimum Gasteiger partial charge on any atom is -0.325 e. The van der Waals surface area contributed by atoms with E-state index in [0.29, 0.717) is 17.8 Å². The normalized spacial score (nSPS) is 17.1. The second-order valence-corrected chi connectivity index (χ2v) is 8.53. The van der Waals surface area contributed by atoms with Crippen molar-refractivity contribution in [2.75, 3.05) is 11.6 Å². The minimum absolute atomic E-state index is 0.178. The molecule has 1 aromatic heterocycles.